The van der Waals surface area contributed by atoms with Crippen LogP contribution in [-0.2, 0) is 0 Å². The van der Waals surface area contributed by atoms with Gasteiger partial charge in [-0.05, 0) is 36.1 Å². The van der Waals surface area contributed by atoms with Gasteiger partial charge in [-0.1, -0.05) is 17.7 Å². The van der Waals surface area contributed by atoms with E-state index in [4.69, 9.17) is 39.5 Å². The van der Waals surface area contributed by atoms with Crippen molar-refractivity contribution in [3.05, 3.63) is 35.4 Å². The van der Waals surface area contributed by atoms with E-state index in [0.29, 0.717) is 29.7 Å². The molecule has 0 fully saturated rings. The number of hydrogen-bond acceptors (Lipinski definition) is 2. The van der Waals surface area contributed by atoms with E-state index < -0.39 is 0 Å². The average molecular weight is 320 g/mol. The lowest BCUT2D eigenvalue weighted by Gasteiger charge is -2.12. The normalized spacial score (nSPS) is 12.6. The van der Waals surface area contributed by atoms with Gasteiger partial charge in [-0.15, -0.1) is 23.2 Å². The highest BCUT2D eigenvalue weighted by atomic mass is 35.5. The van der Waals surface area contributed by atoms with Crippen molar-refractivity contribution in [3.63, 3.8) is 0 Å². The number of ether oxygens (including phenoxy) is 1. The lowest BCUT2D eigenvalue weighted by Crippen LogP contribution is -2.12. The molecule has 1 unspecified atom stereocenters. The molecular weight excluding hydrogens is 307 g/mol. The third kappa shape index (κ3) is 3.59. The van der Waals surface area contributed by atoms with E-state index >= 15 is 0 Å². The number of phenols is 1. The molecule has 1 N–H and O–H groups in total. The maximum absolute atomic E-state index is 9.42. The summed E-state index contributed by atoms with van der Waals surface area (Å²) in [6.45, 7) is 0.359. The molecular formula is C14H13Cl3O2. The third-order valence-electron chi connectivity index (χ3n) is 2.74. The molecule has 2 nitrogen and oxygen atoms in total. The van der Waals surface area contributed by atoms with Crippen LogP contribution >= 0.6 is 34.8 Å². The van der Waals surface area contributed by atoms with Gasteiger partial charge in [0.25, 0.3) is 0 Å². The molecule has 19 heavy (non-hydrogen) atoms. The Kier molecular flexibility index (Phi) is 5.03. The number of hydrogen-bond donors (Lipinski definition) is 1. The maximum atomic E-state index is 9.42. The summed E-state index contributed by atoms with van der Waals surface area (Å²) in [5, 5.41) is 11.5. The largest absolute Gasteiger partial charge is 0.508 e. The molecule has 0 saturated carbocycles. The zero-order valence-electron chi connectivity index (χ0n) is 10.1. The standard InChI is InChI=1S/C14H13Cl3O2/c15-6-5-10(16)8-19-13-4-1-9-7-11(18)2-3-12(9)14(13)17/h1-4,7,10,18H,5-6,8H2. The first-order valence-corrected chi connectivity index (χ1v) is 7.21. The molecule has 5 heteroatoms. The van der Waals surface area contributed by atoms with Gasteiger partial charge >= 0.3 is 0 Å². The predicted octanol–water partition coefficient (Wildman–Crippen LogP) is 4.81. The Labute approximate surface area is 126 Å². The first kappa shape index (κ1) is 14.6. The van der Waals surface area contributed by atoms with Crippen LogP contribution in [0.4, 0.5) is 0 Å². The van der Waals surface area contributed by atoms with Crippen molar-refractivity contribution in [1.82, 2.24) is 0 Å². The molecule has 0 amide bonds. The van der Waals surface area contributed by atoms with Crippen molar-refractivity contribution in [1.29, 1.82) is 0 Å². The summed E-state index contributed by atoms with van der Waals surface area (Å²) >= 11 is 17.9. The Hall–Kier alpha value is -0.830. The number of benzene rings is 2. The van der Waals surface area contributed by atoms with Crippen LogP contribution < -0.4 is 4.74 Å². The van der Waals surface area contributed by atoms with Gasteiger partial charge in [0.15, 0.2) is 0 Å². The quantitative estimate of drug-likeness (QED) is 0.801. The molecule has 0 heterocycles. The van der Waals surface area contributed by atoms with Crippen molar-refractivity contribution in [3.8, 4) is 11.5 Å². The molecule has 2 aromatic carbocycles. The molecule has 0 aromatic heterocycles. The Balaban J connectivity index is 2.20. The van der Waals surface area contributed by atoms with Crippen LogP contribution in [0, 0.1) is 0 Å². The molecule has 2 rings (SSSR count). The molecule has 0 radical (unpaired) electrons. The topological polar surface area (TPSA) is 29.5 Å². The van der Waals surface area contributed by atoms with Gasteiger partial charge in [-0.2, -0.15) is 0 Å². The van der Waals surface area contributed by atoms with Crippen LogP contribution in [0.1, 0.15) is 6.42 Å². The van der Waals surface area contributed by atoms with Crippen molar-refractivity contribution >= 4 is 45.6 Å². The molecule has 0 saturated heterocycles. The van der Waals surface area contributed by atoms with Gasteiger partial charge in [0.1, 0.15) is 18.1 Å². The third-order valence-corrected chi connectivity index (χ3v) is 3.70. The Morgan fingerprint density at radius 1 is 1.21 bits per heavy atom. The SMILES string of the molecule is Oc1ccc2c(Cl)c(OCC(Cl)CCCl)ccc2c1. The highest BCUT2D eigenvalue weighted by Crippen LogP contribution is 2.34. The van der Waals surface area contributed by atoms with E-state index in [1.165, 1.54) is 0 Å². The lowest BCUT2D eigenvalue weighted by atomic mass is 10.1. The summed E-state index contributed by atoms with van der Waals surface area (Å²) in [7, 11) is 0. The second-order valence-corrected chi connectivity index (χ2v) is 5.54. The molecule has 2 aromatic rings. The minimum atomic E-state index is -0.135. The fraction of sp³-hybridized carbons (Fsp3) is 0.286. The number of phenolic OH excluding ortho intramolecular Hbond substituents is 1. The van der Waals surface area contributed by atoms with Crippen LogP contribution in [0.15, 0.2) is 30.3 Å². The van der Waals surface area contributed by atoms with Gasteiger partial charge in [-0.25, -0.2) is 0 Å². The van der Waals surface area contributed by atoms with Gasteiger partial charge < -0.3 is 9.84 Å². The predicted molar refractivity (Wildman–Crippen MR) is 81.1 cm³/mol. The van der Waals surface area contributed by atoms with Crippen molar-refractivity contribution < 1.29 is 9.84 Å². The number of aromatic hydroxyl groups is 1. The minimum Gasteiger partial charge on any atom is -0.508 e. The van der Waals surface area contributed by atoms with E-state index in [9.17, 15) is 5.11 Å². The van der Waals surface area contributed by atoms with E-state index in [1.54, 1.807) is 24.3 Å². The molecule has 0 spiro atoms. The molecule has 0 bridgehead atoms. The number of halogens is 3. The second kappa shape index (κ2) is 6.56. The molecule has 0 aliphatic rings. The Morgan fingerprint density at radius 3 is 2.74 bits per heavy atom. The lowest BCUT2D eigenvalue weighted by molar-refractivity contribution is 0.313. The van der Waals surface area contributed by atoms with Gasteiger partial charge in [0.2, 0.25) is 0 Å². The smallest absolute Gasteiger partial charge is 0.138 e. The Morgan fingerprint density at radius 2 is 2.00 bits per heavy atom. The zero-order valence-corrected chi connectivity index (χ0v) is 12.3. The highest BCUT2D eigenvalue weighted by Gasteiger charge is 2.10. The highest BCUT2D eigenvalue weighted by molar-refractivity contribution is 6.37. The van der Waals surface area contributed by atoms with Crippen LogP contribution in [0.3, 0.4) is 0 Å². The molecule has 0 aliphatic heterocycles. The summed E-state index contributed by atoms with van der Waals surface area (Å²) in [4.78, 5) is 0. The maximum Gasteiger partial charge on any atom is 0.138 e. The minimum absolute atomic E-state index is 0.135. The van der Waals surface area contributed by atoms with Crippen molar-refractivity contribution in [2.45, 2.75) is 11.8 Å². The second-order valence-electron chi connectivity index (χ2n) is 4.17. The van der Waals surface area contributed by atoms with E-state index in [1.807, 2.05) is 6.07 Å². The fourth-order valence-electron chi connectivity index (χ4n) is 1.75. The molecule has 1 atom stereocenters. The first-order chi connectivity index (χ1) is 9.11. The van der Waals surface area contributed by atoms with Crippen LogP contribution in [0.5, 0.6) is 11.5 Å². The fourth-order valence-corrected chi connectivity index (χ4v) is 2.59. The van der Waals surface area contributed by atoms with Crippen molar-refractivity contribution in [2.24, 2.45) is 0 Å². The van der Waals surface area contributed by atoms with E-state index in [-0.39, 0.29) is 11.1 Å². The average Bonchev–Trinajstić information content (AvgIpc) is 2.38. The van der Waals surface area contributed by atoms with Gasteiger partial charge in [0.05, 0.1) is 10.4 Å². The monoisotopic (exact) mass is 318 g/mol. The summed E-state index contributed by atoms with van der Waals surface area (Å²) < 4.78 is 5.60. The summed E-state index contributed by atoms with van der Waals surface area (Å²) in [5.41, 5.74) is 0. The van der Waals surface area contributed by atoms with Crippen LogP contribution in [0.2, 0.25) is 5.02 Å². The number of alkyl halides is 2. The Bertz CT molecular complexity index is 572. The first-order valence-electron chi connectivity index (χ1n) is 5.86. The van der Waals surface area contributed by atoms with Crippen LogP contribution in [0.25, 0.3) is 10.8 Å². The van der Waals surface area contributed by atoms with Crippen LogP contribution in [-0.4, -0.2) is 23.0 Å². The summed E-state index contributed by atoms with van der Waals surface area (Å²) in [5.74, 6) is 1.29. The number of rotatable bonds is 5. The van der Waals surface area contributed by atoms with E-state index in [2.05, 4.69) is 0 Å². The van der Waals surface area contributed by atoms with Gasteiger partial charge in [-0.3, -0.25) is 0 Å². The number of fused-ring (bicyclic) bond motifs is 1. The molecule has 0 aliphatic carbocycles. The van der Waals surface area contributed by atoms with E-state index in [0.717, 1.165) is 10.8 Å². The summed E-state index contributed by atoms with van der Waals surface area (Å²) in [6, 6.07) is 8.63. The zero-order chi connectivity index (χ0) is 13.8. The summed E-state index contributed by atoms with van der Waals surface area (Å²) in [6.07, 6.45) is 0.683. The van der Waals surface area contributed by atoms with Crippen molar-refractivity contribution in [2.75, 3.05) is 12.5 Å². The van der Waals surface area contributed by atoms with Gasteiger partial charge in [0, 0.05) is 11.3 Å². The molecule has 102 valence electrons.